The zero-order valence-electron chi connectivity index (χ0n) is 18.4. The van der Waals surface area contributed by atoms with Gasteiger partial charge in [-0.2, -0.15) is 8.78 Å². The van der Waals surface area contributed by atoms with Crippen molar-refractivity contribution in [2.75, 3.05) is 12.9 Å². The molecule has 0 aliphatic heterocycles. The van der Waals surface area contributed by atoms with E-state index < -0.39 is 6.61 Å². The number of halogens is 2. The van der Waals surface area contributed by atoms with Crippen molar-refractivity contribution in [3.8, 4) is 22.9 Å². The lowest BCUT2D eigenvalue weighted by Gasteiger charge is -2.12. The number of aryl methyl sites for hydroxylation is 1. The Kier molecular flexibility index (Phi) is 7.27. The SMILES string of the molecule is COc1cccc(-c2nnc(SCC(=O)c3cc(C)ccc3OC(F)F)n2Cc2ccco2)c1. The highest BCUT2D eigenvalue weighted by molar-refractivity contribution is 7.99. The number of methoxy groups -OCH3 is 1. The highest BCUT2D eigenvalue weighted by Crippen LogP contribution is 2.29. The third kappa shape index (κ3) is 5.45. The van der Waals surface area contributed by atoms with Gasteiger partial charge in [0.25, 0.3) is 0 Å². The molecule has 4 rings (SSSR count). The number of ether oxygens (including phenoxy) is 2. The number of alkyl halides is 2. The number of ketones is 1. The number of hydrogen-bond acceptors (Lipinski definition) is 7. The Bertz CT molecular complexity index is 1280. The van der Waals surface area contributed by atoms with Crippen LogP contribution in [0.3, 0.4) is 0 Å². The van der Waals surface area contributed by atoms with Crippen LogP contribution < -0.4 is 9.47 Å². The Hall–Kier alpha value is -3.66. The predicted octanol–water partition coefficient (Wildman–Crippen LogP) is 5.48. The Morgan fingerprint density at radius 1 is 1.15 bits per heavy atom. The van der Waals surface area contributed by atoms with Crippen LogP contribution in [-0.4, -0.2) is 40.0 Å². The molecule has 4 aromatic rings. The smallest absolute Gasteiger partial charge is 0.387 e. The first-order valence-corrected chi connectivity index (χ1v) is 11.2. The van der Waals surface area contributed by atoms with Crippen LogP contribution in [0.1, 0.15) is 21.7 Å². The molecule has 0 amide bonds. The molecule has 2 heterocycles. The third-order valence-corrected chi connectivity index (χ3v) is 5.89. The molecule has 10 heteroatoms. The van der Waals surface area contributed by atoms with Gasteiger partial charge in [0.05, 0.1) is 31.2 Å². The number of thioether (sulfide) groups is 1. The molecule has 0 saturated carbocycles. The number of aromatic nitrogens is 3. The number of furan rings is 1. The van der Waals surface area contributed by atoms with Crippen LogP contribution in [0.5, 0.6) is 11.5 Å². The summed E-state index contributed by atoms with van der Waals surface area (Å²) < 4.78 is 42.7. The van der Waals surface area contributed by atoms with Crippen LogP contribution in [0.15, 0.2) is 70.4 Å². The molecular weight excluding hydrogens is 464 g/mol. The second-order valence-corrected chi connectivity index (χ2v) is 8.24. The monoisotopic (exact) mass is 485 g/mol. The van der Waals surface area contributed by atoms with Crippen molar-refractivity contribution in [3.63, 3.8) is 0 Å². The summed E-state index contributed by atoms with van der Waals surface area (Å²) in [6.07, 6.45) is 1.57. The minimum absolute atomic E-state index is 0.0442. The number of carbonyl (C=O) groups is 1. The van der Waals surface area contributed by atoms with Gasteiger partial charge in [0.1, 0.15) is 17.3 Å². The maximum absolute atomic E-state index is 12.9. The molecule has 7 nitrogen and oxygen atoms in total. The number of carbonyl (C=O) groups excluding carboxylic acids is 1. The van der Waals surface area contributed by atoms with Crippen molar-refractivity contribution in [1.82, 2.24) is 14.8 Å². The maximum Gasteiger partial charge on any atom is 0.387 e. The van der Waals surface area contributed by atoms with Crippen LogP contribution in [0.4, 0.5) is 8.78 Å². The number of hydrogen-bond donors (Lipinski definition) is 0. The van der Waals surface area contributed by atoms with E-state index in [1.165, 1.54) is 12.1 Å². The first kappa shape index (κ1) is 23.5. The molecule has 0 fully saturated rings. The fourth-order valence-corrected chi connectivity index (χ4v) is 4.16. The van der Waals surface area contributed by atoms with Gasteiger partial charge in [-0.3, -0.25) is 9.36 Å². The molecular formula is C24H21F2N3O4S. The van der Waals surface area contributed by atoms with Gasteiger partial charge in [-0.1, -0.05) is 35.5 Å². The second kappa shape index (κ2) is 10.5. The average Bonchev–Trinajstić information content (AvgIpc) is 3.49. The summed E-state index contributed by atoms with van der Waals surface area (Å²) in [5.74, 6) is 1.36. The molecule has 0 aliphatic carbocycles. The largest absolute Gasteiger partial charge is 0.497 e. The van der Waals surface area contributed by atoms with Gasteiger partial charge in [0.15, 0.2) is 16.8 Å². The van der Waals surface area contributed by atoms with Crippen molar-refractivity contribution in [2.45, 2.75) is 25.2 Å². The maximum atomic E-state index is 12.9. The van der Waals surface area contributed by atoms with Crippen LogP contribution in [-0.2, 0) is 6.54 Å². The summed E-state index contributed by atoms with van der Waals surface area (Å²) in [6, 6.07) is 15.5. The van der Waals surface area contributed by atoms with Gasteiger partial charge in [0.2, 0.25) is 0 Å². The standard InChI is InChI=1S/C24H21F2N3O4S/c1-15-8-9-21(33-23(25)26)19(11-15)20(30)14-34-24-28-27-22(16-5-3-6-17(12-16)31-2)29(24)13-18-7-4-10-32-18/h3-12,23H,13-14H2,1-2H3. The van der Waals surface area contributed by atoms with E-state index in [4.69, 9.17) is 9.15 Å². The number of rotatable bonds is 10. The van der Waals surface area contributed by atoms with Crippen molar-refractivity contribution in [1.29, 1.82) is 0 Å². The van der Waals surface area contributed by atoms with Crippen molar-refractivity contribution in [2.24, 2.45) is 0 Å². The molecule has 0 saturated heterocycles. The Labute approximate surface area is 198 Å². The molecule has 2 aromatic carbocycles. The minimum Gasteiger partial charge on any atom is -0.497 e. The van der Waals surface area contributed by atoms with Gasteiger partial charge in [-0.25, -0.2) is 0 Å². The number of nitrogens with zero attached hydrogens (tertiary/aromatic N) is 3. The van der Waals surface area contributed by atoms with Gasteiger partial charge < -0.3 is 13.9 Å². The van der Waals surface area contributed by atoms with E-state index in [9.17, 15) is 13.6 Å². The number of benzene rings is 2. The highest BCUT2D eigenvalue weighted by Gasteiger charge is 2.20. The predicted molar refractivity (Wildman–Crippen MR) is 123 cm³/mol. The van der Waals surface area contributed by atoms with Gasteiger partial charge >= 0.3 is 6.61 Å². The van der Waals surface area contributed by atoms with E-state index in [-0.39, 0.29) is 22.8 Å². The summed E-state index contributed by atoms with van der Waals surface area (Å²) in [5, 5.41) is 9.07. The van der Waals surface area contributed by atoms with Crippen LogP contribution in [0.2, 0.25) is 0 Å². The summed E-state index contributed by atoms with van der Waals surface area (Å²) >= 11 is 1.15. The normalized spacial score (nSPS) is 11.1. The minimum atomic E-state index is -3.02. The molecule has 0 bridgehead atoms. The third-order valence-electron chi connectivity index (χ3n) is 4.92. The van der Waals surface area contributed by atoms with Crippen LogP contribution >= 0.6 is 11.8 Å². The first-order chi connectivity index (χ1) is 16.4. The molecule has 0 atom stereocenters. The van der Waals surface area contributed by atoms with Gasteiger partial charge in [-0.05, 0) is 43.3 Å². The summed E-state index contributed by atoms with van der Waals surface area (Å²) in [6.45, 7) is -0.910. The van der Waals surface area contributed by atoms with E-state index in [0.717, 1.165) is 22.9 Å². The van der Waals surface area contributed by atoms with E-state index in [0.29, 0.717) is 29.0 Å². The quantitative estimate of drug-likeness (QED) is 0.217. The fourth-order valence-electron chi connectivity index (χ4n) is 3.34. The molecule has 0 spiro atoms. The highest BCUT2D eigenvalue weighted by atomic mass is 32.2. The number of Topliss-reactive ketones (excluding diaryl/α,β-unsaturated/α-hetero) is 1. The summed E-state index contributed by atoms with van der Waals surface area (Å²) in [5.41, 5.74) is 1.64. The zero-order chi connectivity index (χ0) is 24.1. The first-order valence-electron chi connectivity index (χ1n) is 10.3. The lowest BCUT2D eigenvalue weighted by Crippen LogP contribution is -2.11. The topological polar surface area (TPSA) is 79.4 Å². The van der Waals surface area contributed by atoms with Crippen LogP contribution in [0, 0.1) is 6.92 Å². The molecule has 0 radical (unpaired) electrons. The zero-order valence-corrected chi connectivity index (χ0v) is 19.2. The van der Waals surface area contributed by atoms with Gasteiger partial charge in [0, 0.05) is 5.56 Å². The van der Waals surface area contributed by atoms with E-state index in [2.05, 4.69) is 14.9 Å². The van der Waals surface area contributed by atoms with Crippen molar-refractivity contribution < 1.29 is 27.5 Å². The van der Waals surface area contributed by atoms with E-state index in [1.54, 1.807) is 32.4 Å². The lowest BCUT2D eigenvalue weighted by molar-refractivity contribution is -0.0501. The second-order valence-electron chi connectivity index (χ2n) is 7.29. The molecule has 34 heavy (non-hydrogen) atoms. The van der Waals surface area contributed by atoms with E-state index >= 15 is 0 Å². The molecule has 0 unspecified atom stereocenters. The van der Waals surface area contributed by atoms with Gasteiger partial charge in [-0.15, -0.1) is 10.2 Å². The summed E-state index contributed by atoms with van der Waals surface area (Å²) in [4.78, 5) is 12.9. The lowest BCUT2D eigenvalue weighted by atomic mass is 10.1. The molecule has 2 aromatic heterocycles. The van der Waals surface area contributed by atoms with E-state index in [1.807, 2.05) is 34.9 Å². The Morgan fingerprint density at radius 3 is 2.74 bits per heavy atom. The molecule has 0 aliphatic rings. The molecule has 176 valence electrons. The van der Waals surface area contributed by atoms with Crippen molar-refractivity contribution >= 4 is 17.5 Å². The fraction of sp³-hybridized carbons (Fsp3) is 0.208. The van der Waals surface area contributed by atoms with Crippen LogP contribution in [0.25, 0.3) is 11.4 Å². The average molecular weight is 486 g/mol. The Morgan fingerprint density at radius 2 is 2.00 bits per heavy atom. The molecule has 0 N–H and O–H groups in total. The Balaban J connectivity index is 1.61. The summed E-state index contributed by atoms with van der Waals surface area (Å²) in [7, 11) is 1.58. The van der Waals surface area contributed by atoms with Crippen molar-refractivity contribution in [3.05, 3.63) is 77.7 Å².